The van der Waals surface area contributed by atoms with Gasteiger partial charge < -0.3 is 55.3 Å². The second-order valence-electron chi connectivity index (χ2n) is 14.1. The van der Waals surface area contributed by atoms with Gasteiger partial charge in [0.1, 0.15) is 60.8 Å². The largest absolute Gasteiger partial charge is 0.472 e. The van der Waals surface area contributed by atoms with Crippen molar-refractivity contribution in [3.63, 3.8) is 0 Å². The van der Waals surface area contributed by atoms with Gasteiger partial charge in [0.2, 0.25) is 0 Å². The number of rotatable bonds is 15. The lowest BCUT2D eigenvalue weighted by atomic mass is 9.89. The van der Waals surface area contributed by atoms with E-state index < -0.39 is 115 Å². The Hall–Kier alpha value is -4.12. The molecule has 11 atom stereocenters. The SMILES string of the molecule is Cc1cn(C2CC(O)C(C(OP(=O)(O)O)C3CC(n4cnc5c(N)ncnc54)OC3COP(=O)(O)OC3CC(n4ccc(N)nc4=O)OC3COP(=O)(O)O)O2)c(=O)[nH]c1=O. The molecule has 3 saturated heterocycles. The Bertz CT molecular complexity index is 2600. The highest BCUT2D eigenvalue weighted by Gasteiger charge is 2.53. The smallest absolute Gasteiger partial charge is 0.390 e. The molecule has 0 bridgehead atoms. The van der Waals surface area contributed by atoms with E-state index in [0.29, 0.717) is 0 Å². The lowest BCUT2D eigenvalue weighted by molar-refractivity contribution is -0.112. The number of H-pyrrole nitrogens is 1. The Morgan fingerprint density at radius 2 is 1.57 bits per heavy atom. The number of aryl methyl sites for hydroxylation is 1. The number of hydrogen-bond donors (Lipinski definition) is 9. The van der Waals surface area contributed by atoms with Gasteiger partial charge in [-0.05, 0) is 13.0 Å². The van der Waals surface area contributed by atoms with E-state index >= 15 is 0 Å². The Kier molecular flexibility index (Phi) is 12.7. The molecule has 61 heavy (non-hydrogen) atoms. The van der Waals surface area contributed by atoms with E-state index in [2.05, 4.69) is 29.4 Å². The van der Waals surface area contributed by atoms with Crippen LogP contribution in [0.1, 0.15) is 43.5 Å². The summed E-state index contributed by atoms with van der Waals surface area (Å²) in [6, 6.07) is 1.25. The van der Waals surface area contributed by atoms with Crippen LogP contribution in [0.5, 0.6) is 0 Å². The first-order valence-electron chi connectivity index (χ1n) is 17.9. The standard InChI is InChI=1S/C29H39N10O19P3/c1-12-7-38(29(43)36-27(12)41)20-5-14(40)24(56-20)23(58-60(47,48)49)13-4-19(39-11-34-22-25(31)32-10-33-26(22)39)54-16(13)8-53-61(50,51)57-15-6-21(37-3-2-18(30)35-28(37)42)55-17(15)9-52-59(44,45)46/h2-3,7,10-11,13-17,19-21,23-24,40H,4-6,8-9H2,1H3,(H,50,51)(H2,30,35,42)(H2,31,32,33)(H,36,41,43)(H2,44,45,46)(H2,47,48,49). The van der Waals surface area contributed by atoms with Crippen molar-refractivity contribution >= 4 is 46.3 Å². The van der Waals surface area contributed by atoms with Crippen LogP contribution in [-0.2, 0) is 46.0 Å². The first-order chi connectivity index (χ1) is 28.6. The first kappa shape index (κ1) is 44.9. The summed E-state index contributed by atoms with van der Waals surface area (Å²) in [5, 5.41) is 11.3. The van der Waals surface area contributed by atoms with Crippen molar-refractivity contribution in [3.8, 4) is 0 Å². The van der Waals surface area contributed by atoms with Gasteiger partial charge in [-0.25, -0.2) is 38.2 Å². The summed E-state index contributed by atoms with van der Waals surface area (Å²) in [7, 11) is -15.9. The van der Waals surface area contributed by atoms with Gasteiger partial charge in [0.25, 0.3) is 5.56 Å². The van der Waals surface area contributed by atoms with Gasteiger partial charge in [0, 0.05) is 43.1 Å². The van der Waals surface area contributed by atoms with Gasteiger partial charge in [-0.3, -0.25) is 41.6 Å². The summed E-state index contributed by atoms with van der Waals surface area (Å²) in [6.07, 6.45) is -9.30. The van der Waals surface area contributed by atoms with Gasteiger partial charge in [0.05, 0.1) is 31.7 Å². The zero-order valence-electron chi connectivity index (χ0n) is 31.3. The zero-order valence-corrected chi connectivity index (χ0v) is 34.0. The Balaban J connectivity index is 1.17. The number of phosphoric ester groups is 3. The van der Waals surface area contributed by atoms with E-state index in [9.17, 15) is 57.7 Å². The van der Waals surface area contributed by atoms with Crippen LogP contribution in [0.15, 0.2) is 45.5 Å². The van der Waals surface area contributed by atoms with Gasteiger partial charge in [-0.1, -0.05) is 0 Å². The van der Waals surface area contributed by atoms with Crippen molar-refractivity contribution in [1.29, 1.82) is 0 Å². The molecule has 0 saturated carbocycles. The molecule has 0 radical (unpaired) electrons. The second-order valence-corrected chi connectivity index (χ2v) is 17.9. The highest BCUT2D eigenvalue weighted by atomic mass is 31.2. The quantitative estimate of drug-likeness (QED) is 0.0584. The normalized spacial score (nSPS) is 28.7. The Morgan fingerprint density at radius 3 is 2.28 bits per heavy atom. The van der Waals surface area contributed by atoms with Crippen LogP contribution in [0, 0.1) is 12.8 Å². The Labute approximate surface area is 340 Å². The van der Waals surface area contributed by atoms with Gasteiger partial charge in [-0.15, -0.1) is 0 Å². The van der Waals surface area contributed by atoms with E-state index in [4.69, 9.17) is 39.2 Å². The number of imidazole rings is 1. The van der Waals surface area contributed by atoms with Crippen molar-refractivity contribution in [2.45, 2.75) is 81.5 Å². The van der Waals surface area contributed by atoms with Crippen molar-refractivity contribution < 1.29 is 75.6 Å². The summed E-state index contributed by atoms with van der Waals surface area (Å²) in [5.74, 6) is -1.42. The van der Waals surface area contributed by atoms with Crippen LogP contribution < -0.4 is 28.4 Å². The number of aromatic amines is 1. The van der Waals surface area contributed by atoms with Crippen LogP contribution in [0.4, 0.5) is 11.6 Å². The maximum atomic E-state index is 13.6. The van der Waals surface area contributed by atoms with Gasteiger partial charge >= 0.3 is 34.8 Å². The number of fused-ring (bicyclic) bond motifs is 1. The zero-order chi connectivity index (χ0) is 44.2. The average Bonchev–Trinajstić information content (AvgIpc) is 3.95. The number of aliphatic hydroxyl groups is 1. The fraction of sp³-hybridized carbons (Fsp3) is 0.552. The van der Waals surface area contributed by atoms with Crippen LogP contribution in [0.3, 0.4) is 0 Å². The molecule has 11 N–H and O–H groups in total. The number of hydrogen-bond acceptors (Lipinski definition) is 20. The highest BCUT2D eigenvalue weighted by Crippen LogP contribution is 2.52. The molecule has 3 aliphatic rings. The minimum atomic E-state index is -5.46. The molecule has 0 spiro atoms. The number of phosphoric acid groups is 3. The summed E-state index contributed by atoms with van der Waals surface area (Å²) in [6.45, 7) is -0.374. The third kappa shape index (κ3) is 10.2. The second kappa shape index (κ2) is 17.2. The molecule has 7 rings (SSSR count). The molecule has 11 unspecified atom stereocenters. The number of ether oxygens (including phenoxy) is 3. The third-order valence-corrected chi connectivity index (χ3v) is 12.0. The molecule has 0 aliphatic carbocycles. The lowest BCUT2D eigenvalue weighted by Crippen LogP contribution is -2.45. The first-order valence-corrected chi connectivity index (χ1v) is 22.5. The van der Waals surface area contributed by atoms with Gasteiger partial charge in [-0.2, -0.15) is 4.98 Å². The number of nitrogens with one attached hydrogen (secondary N) is 1. The van der Waals surface area contributed by atoms with E-state index in [1.807, 2.05) is 0 Å². The molecule has 4 aromatic heterocycles. The molecule has 29 nitrogen and oxygen atoms in total. The molecule has 0 amide bonds. The fourth-order valence-corrected chi connectivity index (χ4v) is 9.21. The molecule has 32 heteroatoms. The minimum Gasteiger partial charge on any atom is -0.390 e. The van der Waals surface area contributed by atoms with Crippen molar-refractivity contribution in [1.82, 2.24) is 38.6 Å². The number of nitrogens with zero attached hydrogens (tertiary/aromatic N) is 7. The number of aliphatic hydroxyl groups excluding tert-OH is 1. The highest BCUT2D eigenvalue weighted by molar-refractivity contribution is 7.47. The maximum absolute atomic E-state index is 13.6. The average molecular weight is 925 g/mol. The molecule has 3 aliphatic heterocycles. The van der Waals surface area contributed by atoms with Crippen LogP contribution in [0.2, 0.25) is 0 Å². The van der Waals surface area contributed by atoms with E-state index in [-0.39, 0.29) is 47.6 Å². The van der Waals surface area contributed by atoms with Crippen molar-refractivity contribution in [2.24, 2.45) is 5.92 Å². The van der Waals surface area contributed by atoms with Crippen LogP contribution in [0.25, 0.3) is 11.2 Å². The van der Waals surface area contributed by atoms with E-state index in [1.54, 1.807) is 0 Å². The minimum absolute atomic E-state index is 0.000626. The van der Waals surface area contributed by atoms with Crippen LogP contribution in [-0.4, -0.2) is 118 Å². The molecule has 0 aromatic carbocycles. The molecule has 3 fully saturated rings. The molecule has 4 aromatic rings. The van der Waals surface area contributed by atoms with Gasteiger partial charge in [0.15, 0.2) is 11.5 Å². The third-order valence-electron chi connectivity index (χ3n) is 10.00. The Morgan fingerprint density at radius 1 is 0.885 bits per heavy atom. The summed E-state index contributed by atoms with van der Waals surface area (Å²) in [4.78, 5) is 105. The summed E-state index contributed by atoms with van der Waals surface area (Å²) in [5.41, 5.74) is 9.46. The molecule has 334 valence electrons. The number of aromatic nitrogens is 8. The molecular weight excluding hydrogens is 885 g/mol. The molecular formula is C29H39N10O19P3. The number of anilines is 2. The lowest BCUT2D eigenvalue weighted by Gasteiger charge is -2.33. The van der Waals surface area contributed by atoms with Crippen LogP contribution >= 0.6 is 23.5 Å². The fourth-order valence-electron chi connectivity index (χ4n) is 7.31. The van der Waals surface area contributed by atoms with Crippen molar-refractivity contribution in [3.05, 3.63) is 68.0 Å². The predicted octanol–water partition coefficient (Wildman–Crippen LogP) is -1.96. The summed E-state index contributed by atoms with van der Waals surface area (Å²) < 4.78 is 79.5. The van der Waals surface area contributed by atoms with Crippen molar-refractivity contribution in [2.75, 3.05) is 24.7 Å². The number of nitrogens with two attached hydrogens (primary N) is 2. The number of nitrogen functional groups attached to an aromatic ring is 2. The molecule has 7 heterocycles. The summed E-state index contributed by atoms with van der Waals surface area (Å²) >= 11 is 0. The van der Waals surface area contributed by atoms with E-state index in [0.717, 1.165) is 15.5 Å². The topological polar surface area (TPSA) is 423 Å². The maximum Gasteiger partial charge on any atom is 0.472 e. The van der Waals surface area contributed by atoms with E-state index in [1.165, 1.54) is 36.3 Å². The monoisotopic (exact) mass is 924 g/mol. The predicted molar refractivity (Wildman–Crippen MR) is 199 cm³/mol.